The van der Waals surface area contributed by atoms with Crippen molar-refractivity contribution in [2.75, 3.05) is 26.2 Å². The standard InChI is InChI=1S/C11H21F3N2/c1-3-16(8-11(12,13)14)7-10-4-5-15-9(2)6-10/h9-10,15H,3-8H2,1-2H3. The first-order valence-corrected chi connectivity index (χ1v) is 5.93. The molecule has 5 heteroatoms. The highest BCUT2D eigenvalue weighted by atomic mass is 19.4. The fourth-order valence-corrected chi connectivity index (χ4v) is 2.33. The number of hydrogen-bond acceptors (Lipinski definition) is 2. The second-order valence-corrected chi connectivity index (χ2v) is 4.69. The van der Waals surface area contributed by atoms with Gasteiger partial charge in [-0.2, -0.15) is 13.2 Å². The summed E-state index contributed by atoms with van der Waals surface area (Å²) in [6.07, 6.45) is -2.11. The average molecular weight is 238 g/mol. The maximum Gasteiger partial charge on any atom is 0.401 e. The molecule has 1 aliphatic rings. The van der Waals surface area contributed by atoms with Crippen LogP contribution in [0.3, 0.4) is 0 Å². The average Bonchev–Trinajstić information content (AvgIpc) is 2.14. The summed E-state index contributed by atoms with van der Waals surface area (Å²) in [5, 5.41) is 3.31. The molecule has 0 aromatic rings. The number of halogens is 3. The molecule has 2 unspecified atom stereocenters. The number of alkyl halides is 3. The van der Waals surface area contributed by atoms with Crippen molar-refractivity contribution in [2.45, 2.75) is 38.9 Å². The van der Waals surface area contributed by atoms with Gasteiger partial charge in [-0.05, 0) is 38.8 Å². The molecule has 1 rings (SSSR count). The van der Waals surface area contributed by atoms with Gasteiger partial charge in [0.2, 0.25) is 0 Å². The van der Waals surface area contributed by atoms with Crippen molar-refractivity contribution in [1.82, 2.24) is 10.2 Å². The topological polar surface area (TPSA) is 15.3 Å². The van der Waals surface area contributed by atoms with E-state index in [4.69, 9.17) is 0 Å². The first-order chi connectivity index (χ1) is 7.40. The summed E-state index contributed by atoms with van der Waals surface area (Å²) < 4.78 is 36.8. The number of nitrogens with one attached hydrogen (secondary N) is 1. The second kappa shape index (κ2) is 5.87. The van der Waals surface area contributed by atoms with Crippen LogP contribution in [0.2, 0.25) is 0 Å². The van der Waals surface area contributed by atoms with Crippen LogP contribution >= 0.6 is 0 Å². The summed E-state index contributed by atoms with van der Waals surface area (Å²) >= 11 is 0. The van der Waals surface area contributed by atoms with Gasteiger partial charge in [0, 0.05) is 12.6 Å². The summed E-state index contributed by atoms with van der Waals surface area (Å²) in [5.41, 5.74) is 0. The zero-order valence-corrected chi connectivity index (χ0v) is 9.98. The largest absolute Gasteiger partial charge is 0.401 e. The van der Waals surface area contributed by atoms with E-state index in [0.717, 1.165) is 19.4 Å². The van der Waals surface area contributed by atoms with E-state index in [9.17, 15) is 13.2 Å². The summed E-state index contributed by atoms with van der Waals surface area (Å²) in [7, 11) is 0. The Morgan fingerprint density at radius 1 is 1.38 bits per heavy atom. The van der Waals surface area contributed by atoms with E-state index in [2.05, 4.69) is 12.2 Å². The van der Waals surface area contributed by atoms with Crippen molar-refractivity contribution in [3.63, 3.8) is 0 Å². The molecule has 2 atom stereocenters. The Morgan fingerprint density at radius 2 is 2.06 bits per heavy atom. The maximum atomic E-state index is 12.3. The molecule has 0 aromatic heterocycles. The minimum absolute atomic E-state index is 0.401. The molecule has 0 aliphatic carbocycles. The first kappa shape index (κ1) is 13.8. The normalized spacial score (nSPS) is 27.4. The van der Waals surface area contributed by atoms with Crippen molar-refractivity contribution in [3.05, 3.63) is 0 Å². The van der Waals surface area contributed by atoms with Crippen LogP contribution in [-0.2, 0) is 0 Å². The Kier molecular flexibility index (Phi) is 5.05. The molecule has 96 valence electrons. The first-order valence-electron chi connectivity index (χ1n) is 5.93. The van der Waals surface area contributed by atoms with Crippen LogP contribution in [0.5, 0.6) is 0 Å². The van der Waals surface area contributed by atoms with E-state index in [1.54, 1.807) is 6.92 Å². The Morgan fingerprint density at radius 3 is 2.56 bits per heavy atom. The van der Waals surface area contributed by atoms with Crippen molar-refractivity contribution >= 4 is 0 Å². The van der Waals surface area contributed by atoms with Gasteiger partial charge in [-0.25, -0.2) is 0 Å². The fraction of sp³-hybridized carbons (Fsp3) is 1.00. The van der Waals surface area contributed by atoms with E-state index in [1.807, 2.05) is 0 Å². The number of rotatable bonds is 4. The van der Waals surface area contributed by atoms with Gasteiger partial charge in [-0.15, -0.1) is 0 Å². The van der Waals surface area contributed by atoms with E-state index in [0.29, 0.717) is 25.0 Å². The monoisotopic (exact) mass is 238 g/mol. The van der Waals surface area contributed by atoms with Crippen molar-refractivity contribution in [1.29, 1.82) is 0 Å². The van der Waals surface area contributed by atoms with Gasteiger partial charge in [0.05, 0.1) is 6.54 Å². The molecular weight excluding hydrogens is 217 g/mol. The third-order valence-electron chi connectivity index (χ3n) is 3.10. The van der Waals surface area contributed by atoms with E-state index in [-0.39, 0.29) is 0 Å². The van der Waals surface area contributed by atoms with Gasteiger partial charge >= 0.3 is 6.18 Å². The maximum absolute atomic E-state index is 12.3. The zero-order chi connectivity index (χ0) is 12.2. The molecule has 0 radical (unpaired) electrons. The van der Waals surface area contributed by atoms with Gasteiger partial charge in [0.1, 0.15) is 0 Å². The minimum atomic E-state index is -4.07. The van der Waals surface area contributed by atoms with Gasteiger partial charge < -0.3 is 5.32 Å². The van der Waals surface area contributed by atoms with Crippen LogP contribution in [0.4, 0.5) is 13.2 Å². The lowest BCUT2D eigenvalue weighted by Gasteiger charge is -2.32. The second-order valence-electron chi connectivity index (χ2n) is 4.69. The van der Waals surface area contributed by atoms with Gasteiger partial charge in [-0.1, -0.05) is 6.92 Å². The van der Waals surface area contributed by atoms with Crippen LogP contribution in [-0.4, -0.2) is 43.3 Å². The molecule has 1 heterocycles. The van der Waals surface area contributed by atoms with Gasteiger partial charge in [0.15, 0.2) is 0 Å². The molecule has 0 bridgehead atoms. The van der Waals surface area contributed by atoms with E-state index >= 15 is 0 Å². The predicted octanol–water partition coefficient (Wildman–Crippen LogP) is 2.26. The smallest absolute Gasteiger partial charge is 0.314 e. The Hall–Kier alpha value is -0.290. The highest BCUT2D eigenvalue weighted by Crippen LogP contribution is 2.21. The molecule has 0 amide bonds. The minimum Gasteiger partial charge on any atom is -0.314 e. The van der Waals surface area contributed by atoms with Gasteiger partial charge in [0.25, 0.3) is 0 Å². The van der Waals surface area contributed by atoms with Crippen molar-refractivity contribution in [2.24, 2.45) is 5.92 Å². The van der Waals surface area contributed by atoms with Crippen LogP contribution in [0.25, 0.3) is 0 Å². The van der Waals surface area contributed by atoms with Crippen LogP contribution in [0.15, 0.2) is 0 Å². The highest BCUT2D eigenvalue weighted by Gasteiger charge is 2.31. The molecule has 0 saturated carbocycles. The number of hydrogen-bond donors (Lipinski definition) is 1. The lowest BCUT2D eigenvalue weighted by atomic mass is 9.93. The lowest BCUT2D eigenvalue weighted by Crippen LogP contribution is -2.43. The Labute approximate surface area is 95.2 Å². The molecule has 1 saturated heterocycles. The summed E-state index contributed by atoms with van der Waals surface area (Å²) in [4.78, 5) is 1.50. The molecular formula is C11H21F3N2. The number of nitrogens with zero attached hydrogens (tertiary/aromatic N) is 1. The molecule has 1 N–H and O–H groups in total. The molecule has 1 fully saturated rings. The summed E-state index contributed by atoms with van der Waals surface area (Å²) in [6, 6.07) is 0.434. The number of piperidine rings is 1. The quantitative estimate of drug-likeness (QED) is 0.808. The fourth-order valence-electron chi connectivity index (χ4n) is 2.33. The third kappa shape index (κ3) is 5.16. The molecule has 0 aromatic carbocycles. The summed E-state index contributed by atoms with van der Waals surface area (Å²) in [5.74, 6) is 0.401. The Balaban J connectivity index is 2.37. The van der Waals surface area contributed by atoms with Crippen LogP contribution < -0.4 is 5.32 Å². The molecule has 1 aliphatic heterocycles. The molecule has 16 heavy (non-hydrogen) atoms. The zero-order valence-electron chi connectivity index (χ0n) is 9.98. The predicted molar refractivity (Wildman–Crippen MR) is 58.4 cm³/mol. The van der Waals surface area contributed by atoms with Crippen molar-refractivity contribution < 1.29 is 13.2 Å². The van der Waals surface area contributed by atoms with Crippen molar-refractivity contribution in [3.8, 4) is 0 Å². The lowest BCUT2D eigenvalue weighted by molar-refractivity contribution is -0.147. The summed E-state index contributed by atoms with van der Waals surface area (Å²) in [6.45, 7) is 5.07. The Bertz CT molecular complexity index is 206. The van der Waals surface area contributed by atoms with E-state index < -0.39 is 12.7 Å². The highest BCUT2D eigenvalue weighted by molar-refractivity contribution is 4.78. The van der Waals surface area contributed by atoms with Crippen LogP contribution in [0, 0.1) is 5.92 Å². The van der Waals surface area contributed by atoms with E-state index in [1.165, 1.54) is 4.90 Å². The van der Waals surface area contributed by atoms with Gasteiger partial charge in [-0.3, -0.25) is 4.90 Å². The molecule has 2 nitrogen and oxygen atoms in total. The third-order valence-corrected chi connectivity index (χ3v) is 3.10. The molecule has 0 spiro atoms. The van der Waals surface area contributed by atoms with Crippen LogP contribution in [0.1, 0.15) is 26.7 Å². The SMILES string of the molecule is CCN(CC1CCNC(C)C1)CC(F)(F)F.